The largest absolute Gasteiger partial charge is 0.358 e. The number of hydrogen-bond acceptors (Lipinski definition) is 3. The number of rotatable bonds is 1. The molecule has 98 valence electrons. The zero-order valence-corrected chi connectivity index (χ0v) is 11.5. The number of nitrogens with zero attached hydrogens (tertiary/aromatic N) is 1. The minimum Gasteiger partial charge on any atom is -0.358 e. The molecule has 0 fully saturated rings. The van der Waals surface area contributed by atoms with Crippen molar-refractivity contribution in [1.82, 2.24) is 15.5 Å². The van der Waals surface area contributed by atoms with Gasteiger partial charge < -0.3 is 10.6 Å². The third-order valence-corrected chi connectivity index (χ3v) is 3.72. The molecule has 0 unspecified atom stereocenters. The van der Waals surface area contributed by atoms with E-state index < -0.39 is 6.17 Å². The second-order valence-corrected chi connectivity index (χ2v) is 5.14. The van der Waals surface area contributed by atoms with Crippen LogP contribution in [-0.2, 0) is 0 Å². The molecule has 0 aliphatic carbocycles. The van der Waals surface area contributed by atoms with E-state index in [1.54, 1.807) is 6.07 Å². The Morgan fingerprint density at radius 1 is 1.37 bits per heavy atom. The summed E-state index contributed by atoms with van der Waals surface area (Å²) >= 11 is 3.35. The van der Waals surface area contributed by atoms with Crippen LogP contribution in [0.15, 0.2) is 22.7 Å². The van der Waals surface area contributed by atoms with Gasteiger partial charge in [-0.2, -0.15) is 5.10 Å². The first-order valence-electron chi connectivity index (χ1n) is 5.63. The lowest BCUT2D eigenvalue weighted by Gasteiger charge is -2.26. The number of benzene rings is 1. The summed E-state index contributed by atoms with van der Waals surface area (Å²) in [5.74, 6) is -0.650. The standard InChI is InChI=1S/C12H10BrFN4O/c1-5-9-10(18-17-5)12(19)16-11(15-9)7-4-6(14)2-3-8(7)13/h2-4,11,15H,1H3,(H,16,19)(H,17,18)/t11-/m1/s1. The Kier molecular flexibility index (Phi) is 2.78. The van der Waals surface area contributed by atoms with E-state index in [0.717, 1.165) is 10.2 Å². The Morgan fingerprint density at radius 3 is 2.95 bits per heavy atom. The third kappa shape index (κ3) is 1.99. The van der Waals surface area contributed by atoms with Crippen LogP contribution >= 0.6 is 15.9 Å². The maximum atomic E-state index is 13.3. The average molecular weight is 325 g/mol. The topological polar surface area (TPSA) is 69.8 Å². The lowest BCUT2D eigenvalue weighted by Crippen LogP contribution is -2.38. The second kappa shape index (κ2) is 4.34. The molecular formula is C12H10BrFN4O. The highest BCUT2D eigenvalue weighted by Crippen LogP contribution is 2.31. The van der Waals surface area contributed by atoms with E-state index in [2.05, 4.69) is 36.8 Å². The van der Waals surface area contributed by atoms with Crippen molar-refractivity contribution in [2.75, 3.05) is 5.32 Å². The Labute approximate surface area is 116 Å². The molecule has 1 amide bonds. The number of carbonyl (C=O) groups is 1. The van der Waals surface area contributed by atoms with E-state index in [4.69, 9.17) is 0 Å². The second-order valence-electron chi connectivity index (χ2n) is 4.29. The van der Waals surface area contributed by atoms with Crippen molar-refractivity contribution in [3.05, 3.63) is 45.4 Å². The number of H-pyrrole nitrogens is 1. The molecule has 0 saturated heterocycles. The predicted molar refractivity (Wildman–Crippen MR) is 71.3 cm³/mol. The molecule has 0 saturated carbocycles. The zero-order valence-electron chi connectivity index (χ0n) is 9.92. The fourth-order valence-corrected chi connectivity index (χ4v) is 2.52. The summed E-state index contributed by atoms with van der Waals surface area (Å²) in [5.41, 5.74) is 2.35. The number of anilines is 1. The number of aromatic nitrogens is 2. The summed E-state index contributed by atoms with van der Waals surface area (Å²) in [7, 11) is 0. The van der Waals surface area contributed by atoms with E-state index >= 15 is 0 Å². The zero-order chi connectivity index (χ0) is 13.6. The average Bonchev–Trinajstić information content (AvgIpc) is 2.75. The minimum atomic E-state index is -0.499. The van der Waals surface area contributed by atoms with Crippen LogP contribution in [0.25, 0.3) is 0 Å². The molecule has 19 heavy (non-hydrogen) atoms. The van der Waals surface area contributed by atoms with Gasteiger partial charge in [0.15, 0.2) is 5.69 Å². The minimum absolute atomic E-state index is 0.292. The number of amides is 1. The van der Waals surface area contributed by atoms with Crippen molar-refractivity contribution >= 4 is 27.5 Å². The summed E-state index contributed by atoms with van der Waals surface area (Å²) in [4.78, 5) is 11.9. The molecule has 7 heteroatoms. The lowest BCUT2D eigenvalue weighted by atomic mass is 10.1. The molecule has 0 bridgehead atoms. The lowest BCUT2D eigenvalue weighted by molar-refractivity contribution is 0.0930. The molecule has 1 aromatic heterocycles. The van der Waals surface area contributed by atoms with Crippen molar-refractivity contribution in [3.8, 4) is 0 Å². The van der Waals surface area contributed by atoms with Crippen LogP contribution in [0.4, 0.5) is 10.1 Å². The van der Waals surface area contributed by atoms with Crippen LogP contribution in [-0.4, -0.2) is 16.1 Å². The molecule has 3 rings (SSSR count). The highest BCUT2D eigenvalue weighted by atomic mass is 79.9. The van der Waals surface area contributed by atoms with Crippen molar-refractivity contribution < 1.29 is 9.18 Å². The van der Waals surface area contributed by atoms with Crippen molar-refractivity contribution in [2.45, 2.75) is 13.1 Å². The predicted octanol–water partition coefficient (Wildman–Crippen LogP) is 2.47. The Balaban J connectivity index is 2.03. The van der Waals surface area contributed by atoms with Gasteiger partial charge in [-0.1, -0.05) is 15.9 Å². The summed E-state index contributed by atoms with van der Waals surface area (Å²) < 4.78 is 14.1. The molecule has 2 aromatic rings. The maximum Gasteiger partial charge on any atom is 0.275 e. The van der Waals surface area contributed by atoms with Gasteiger partial charge in [-0.05, 0) is 25.1 Å². The van der Waals surface area contributed by atoms with Crippen molar-refractivity contribution in [3.63, 3.8) is 0 Å². The first-order valence-corrected chi connectivity index (χ1v) is 6.43. The van der Waals surface area contributed by atoms with Gasteiger partial charge in [-0.3, -0.25) is 9.89 Å². The molecule has 2 heterocycles. The Hall–Kier alpha value is -1.89. The van der Waals surface area contributed by atoms with E-state index in [1.165, 1.54) is 12.1 Å². The summed E-state index contributed by atoms with van der Waals surface area (Å²) in [6, 6.07) is 4.34. The molecule has 5 nitrogen and oxygen atoms in total. The molecule has 1 aromatic carbocycles. The third-order valence-electron chi connectivity index (χ3n) is 3.00. The van der Waals surface area contributed by atoms with E-state index in [1.807, 2.05) is 6.92 Å². The molecule has 1 atom stereocenters. The van der Waals surface area contributed by atoms with Gasteiger partial charge in [0.25, 0.3) is 5.91 Å². The SMILES string of the molecule is Cc1[nH]nc2c1N[C@@H](c1cc(F)ccc1Br)NC2=O. The summed E-state index contributed by atoms with van der Waals surface area (Å²) in [6.07, 6.45) is -0.499. The molecule has 1 aliphatic rings. The number of fused-ring (bicyclic) bond motifs is 1. The van der Waals surface area contributed by atoms with Crippen molar-refractivity contribution in [2.24, 2.45) is 0 Å². The highest BCUT2D eigenvalue weighted by molar-refractivity contribution is 9.10. The van der Waals surface area contributed by atoms with Gasteiger partial charge in [0, 0.05) is 10.0 Å². The van der Waals surface area contributed by atoms with Crippen LogP contribution < -0.4 is 10.6 Å². The molecule has 0 spiro atoms. The molecule has 1 aliphatic heterocycles. The number of halogens is 2. The van der Waals surface area contributed by atoms with Gasteiger partial charge in [0.2, 0.25) is 0 Å². The normalized spacial score (nSPS) is 17.6. The Morgan fingerprint density at radius 2 is 2.16 bits per heavy atom. The number of hydrogen-bond donors (Lipinski definition) is 3. The number of aryl methyl sites for hydroxylation is 1. The van der Waals surface area contributed by atoms with Crippen molar-refractivity contribution in [1.29, 1.82) is 0 Å². The fraction of sp³-hybridized carbons (Fsp3) is 0.167. The van der Waals surface area contributed by atoms with Gasteiger partial charge in [-0.15, -0.1) is 0 Å². The smallest absolute Gasteiger partial charge is 0.275 e. The first kappa shape index (κ1) is 12.2. The Bertz CT molecular complexity index is 670. The van der Waals surface area contributed by atoms with Crippen LogP contribution in [0.3, 0.4) is 0 Å². The molecule has 3 N–H and O–H groups in total. The van der Waals surface area contributed by atoms with Crippen LogP contribution in [0.2, 0.25) is 0 Å². The van der Waals surface area contributed by atoms with Gasteiger partial charge >= 0.3 is 0 Å². The van der Waals surface area contributed by atoms with E-state index in [9.17, 15) is 9.18 Å². The molecular weight excluding hydrogens is 315 g/mol. The van der Waals surface area contributed by atoms with E-state index in [-0.39, 0.29) is 11.7 Å². The van der Waals surface area contributed by atoms with Crippen LogP contribution in [0, 0.1) is 12.7 Å². The summed E-state index contributed by atoms with van der Waals surface area (Å²) in [5, 5.41) is 12.5. The van der Waals surface area contributed by atoms with Crippen LogP contribution in [0.5, 0.6) is 0 Å². The van der Waals surface area contributed by atoms with Crippen LogP contribution in [0.1, 0.15) is 27.9 Å². The maximum absolute atomic E-state index is 13.3. The number of carbonyl (C=O) groups excluding carboxylic acids is 1. The number of nitrogens with one attached hydrogen (secondary N) is 3. The van der Waals surface area contributed by atoms with Gasteiger partial charge in [-0.25, -0.2) is 4.39 Å². The fourth-order valence-electron chi connectivity index (χ4n) is 2.04. The summed E-state index contributed by atoms with van der Waals surface area (Å²) in [6.45, 7) is 1.81. The number of aromatic amines is 1. The van der Waals surface area contributed by atoms with Gasteiger partial charge in [0.05, 0.1) is 11.4 Å². The first-order chi connectivity index (χ1) is 9.06. The monoisotopic (exact) mass is 324 g/mol. The quantitative estimate of drug-likeness (QED) is 0.754. The van der Waals surface area contributed by atoms with Gasteiger partial charge in [0.1, 0.15) is 12.0 Å². The van der Waals surface area contributed by atoms with E-state index in [0.29, 0.717) is 16.9 Å². The highest BCUT2D eigenvalue weighted by Gasteiger charge is 2.29. The molecule has 0 radical (unpaired) electrons.